The predicted octanol–water partition coefficient (Wildman–Crippen LogP) is 3.56. The van der Waals surface area contributed by atoms with Crippen LogP contribution in [0.25, 0.3) is 11.0 Å². The van der Waals surface area contributed by atoms with Gasteiger partial charge in [0.2, 0.25) is 0 Å². The van der Waals surface area contributed by atoms with Crippen LogP contribution in [0.1, 0.15) is 49.2 Å². The summed E-state index contributed by atoms with van der Waals surface area (Å²) in [7, 11) is 0. The van der Waals surface area contributed by atoms with E-state index in [4.69, 9.17) is 4.74 Å². The quantitative estimate of drug-likeness (QED) is 0.595. The van der Waals surface area contributed by atoms with Gasteiger partial charge in [0.15, 0.2) is 0 Å². The third-order valence-electron chi connectivity index (χ3n) is 4.48. The van der Waals surface area contributed by atoms with Crippen molar-refractivity contribution in [2.24, 2.45) is 4.99 Å². The van der Waals surface area contributed by atoms with E-state index in [0.29, 0.717) is 29.0 Å². The summed E-state index contributed by atoms with van der Waals surface area (Å²) >= 11 is 0. The van der Waals surface area contributed by atoms with Crippen LogP contribution in [-0.4, -0.2) is 39.2 Å². The van der Waals surface area contributed by atoms with E-state index < -0.39 is 0 Å². The van der Waals surface area contributed by atoms with Crippen molar-refractivity contribution in [1.82, 2.24) is 20.3 Å². The first-order chi connectivity index (χ1) is 13.9. The molecule has 3 aromatic rings. The highest BCUT2D eigenvalue weighted by atomic mass is 16.5. The van der Waals surface area contributed by atoms with Crippen molar-refractivity contribution in [1.29, 1.82) is 0 Å². The molecule has 0 aliphatic carbocycles. The zero-order valence-electron chi connectivity index (χ0n) is 16.9. The number of carbonyl (C=O) groups is 1. The summed E-state index contributed by atoms with van der Waals surface area (Å²) in [6, 6.07) is 4.03. The standard InChI is InChI=1S/C21H24N6O2/c1-11(2)26-21(28)15-9-23-19-18(15)20(25-10-24-19)27-16-5-13-7-22-8-14(13)6-17(16)29-12(3)4/h5-7,9-12H,8H2,1-4H3,(H,26,28)(H2,23,24,25,27). The SMILES string of the molecule is CC(C)NC(=O)c1c[nH]c2ncnc(Nc3cc4c(cc3OC(C)C)CN=C4)c12. The lowest BCUT2D eigenvalue weighted by molar-refractivity contribution is 0.0945. The van der Waals surface area contributed by atoms with Crippen LogP contribution in [0, 0.1) is 0 Å². The molecule has 3 heterocycles. The number of rotatable bonds is 6. The molecule has 150 valence electrons. The first kappa shape index (κ1) is 18.9. The molecule has 29 heavy (non-hydrogen) atoms. The zero-order valence-corrected chi connectivity index (χ0v) is 16.9. The lowest BCUT2D eigenvalue weighted by Crippen LogP contribution is -2.30. The van der Waals surface area contributed by atoms with E-state index in [9.17, 15) is 4.79 Å². The van der Waals surface area contributed by atoms with Gasteiger partial charge in [-0.3, -0.25) is 9.79 Å². The fourth-order valence-corrected chi connectivity index (χ4v) is 3.29. The van der Waals surface area contributed by atoms with E-state index in [-0.39, 0.29) is 18.1 Å². The van der Waals surface area contributed by atoms with Gasteiger partial charge in [0.25, 0.3) is 5.91 Å². The molecule has 1 aromatic carbocycles. The smallest absolute Gasteiger partial charge is 0.253 e. The summed E-state index contributed by atoms with van der Waals surface area (Å²) in [4.78, 5) is 28.7. The highest BCUT2D eigenvalue weighted by molar-refractivity contribution is 6.10. The first-order valence-corrected chi connectivity index (χ1v) is 9.65. The van der Waals surface area contributed by atoms with Gasteiger partial charge in [-0.05, 0) is 51.0 Å². The Kier molecular flexibility index (Phi) is 4.92. The van der Waals surface area contributed by atoms with E-state index in [1.807, 2.05) is 46.0 Å². The fourth-order valence-electron chi connectivity index (χ4n) is 3.29. The molecule has 8 heteroatoms. The molecule has 0 saturated heterocycles. The molecular weight excluding hydrogens is 368 g/mol. The molecule has 3 N–H and O–H groups in total. The van der Waals surface area contributed by atoms with Gasteiger partial charge in [-0.15, -0.1) is 0 Å². The van der Waals surface area contributed by atoms with Crippen molar-refractivity contribution in [2.45, 2.75) is 46.4 Å². The van der Waals surface area contributed by atoms with Crippen molar-refractivity contribution in [3.63, 3.8) is 0 Å². The van der Waals surface area contributed by atoms with Gasteiger partial charge in [-0.25, -0.2) is 9.97 Å². The van der Waals surface area contributed by atoms with Crippen LogP contribution in [0.5, 0.6) is 5.75 Å². The predicted molar refractivity (Wildman–Crippen MR) is 113 cm³/mol. The Morgan fingerprint density at radius 3 is 2.79 bits per heavy atom. The van der Waals surface area contributed by atoms with Crippen LogP contribution in [0.2, 0.25) is 0 Å². The molecule has 8 nitrogen and oxygen atoms in total. The van der Waals surface area contributed by atoms with Crippen molar-refractivity contribution in [3.8, 4) is 5.75 Å². The molecule has 0 radical (unpaired) electrons. The summed E-state index contributed by atoms with van der Waals surface area (Å²) < 4.78 is 6.02. The number of fused-ring (bicyclic) bond motifs is 2. The van der Waals surface area contributed by atoms with Gasteiger partial charge in [0, 0.05) is 18.5 Å². The molecule has 1 amide bonds. The molecule has 1 aliphatic rings. The number of hydrogen-bond acceptors (Lipinski definition) is 6. The number of amides is 1. The average Bonchev–Trinajstić information content (AvgIpc) is 3.27. The monoisotopic (exact) mass is 392 g/mol. The lowest BCUT2D eigenvalue weighted by atomic mass is 10.1. The van der Waals surface area contributed by atoms with Crippen LogP contribution in [0.4, 0.5) is 11.5 Å². The number of nitrogens with zero attached hydrogens (tertiary/aromatic N) is 3. The highest BCUT2D eigenvalue weighted by Crippen LogP contribution is 2.35. The van der Waals surface area contributed by atoms with Crippen LogP contribution in [-0.2, 0) is 6.54 Å². The lowest BCUT2D eigenvalue weighted by Gasteiger charge is -2.17. The van der Waals surface area contributed by atoms with E-state index >= 15 is 0 Å². The fraction of sp³-hybridized carbons (Fsp3) is 0.333. The van der Waals surface area contributed by atoms with Crippen LogP contribution in [0.3, 0.4) is 0 Å². The molecule has 4 rings (SSSR count). The number of nitrogens with one attached hydrogen (secondary N) is 3. The second-order valence-corrected chi connectivity index (χ2v) is 7.58. The number of hydrogen-bond donors (Lipinski definition) is 3. The van der Waals surface area contributed by atoms with Gasteiger partial charge in [0.05, 0.1) is 29.3 Å². The zero-order chi connectivity index (χ0) is 20.5. The Morgan fingerprint density at radius 1 is 1.21 bits per heavy atom. The second-order valence-electron chi connectivity index (χ2n) is 7.58. The Hall–Kier alpha value is -3.42. The van der Waals surface area contributed by atoms with E-state index in [1.54, 1.807) is 6.20 Å². The van der Waals surface area contributed by atoms with Gasteiger partial charge in [-0.1, -0.05) is 0 Å². The number of aliphatic imine (C=N–C) groups is 1. The Labute approximate surface area is 168 Å². The average molecular weight is 392 g/mol. The van der Waals surface area contributed by atoms with Gasteiger partial charge < -0.3 is 20.4 Å². The summed E-state index contributed by atoms with van der Waals surface area (Å²) in [5.41, 5.74) is 4.01. The van der Waals surface area contributed by atoms with E-state index in [2.05, 4.69) is 30.6 Å². The van der Waals surface area contributed by atoms with E-state index in [1.165, 1.54) is 6.33 Å². The minimum absolute atomic E-state index is 0.0148. The maximum Gasteiger partial charge on any atom is 0.253 e. The molecule has 0 atom stereocenters. The van der Waals surface area contributed by atoms with Crippen LogP contribution < -0.4 is 15.4 Å². The molecule has 0 saturated carbocycles. The number of anilines is 2. The number of H-pyrrole nitrogens is 1. The van der Waals surface area contributed by atoms with Gasteiger partial charge >= 0.3 is 0 Å². The summed E-state index contributed by atoms with van der Waals surface area (Å²) in [6.45, 7) is 8.46. The number of ether oxygens (including phenoxy) is 1. The number of aromatic nitrogens is 3. The third-order valence-corrected chi connectivity index (χ3v) is 4.48. The highest BCUT2D eigenvalue weighted by Gasteiger charge is 2.20. The van der Waals surface area contributed by atoms with E-state index in [0.717, 1.165) is 22.6 Å². The van der Waals surface area contributed by atoms with Crippen molar-refractivity contribution < 1.29 is 9.53 Å². The second kappa shape index (κ2) is 7.54. The summed E-state index contributed by atoms with van der Waals surface area (Å²) in [5.74, 6) is 1.08. The number of carbonyl (C=O) groups excluding carboxylic acids is 1. The maximum absolute atomic E-state index is 12.6. The number of benzene rings is 1. The Morgan fingerprint density at radius 2 is 2.03 bits per heavy atom. The molecule has 0 unspecified atom stereocenters. The normalized spacial score (nSPS) is 12.6. The third kappa shape index (κ3) is 3.78. The van der Waals surface area contributed by atoms with Crippen molar-refractivity contribution >= 4 is 34.7 Å². The maximum atomic E-state index is 12.6. The molecule has 0 fully saturated rings. The molecule has 2 aromatic heterocycles. The summed E-state index contributed by atoms with van der Waals surface area (Å²) in [5, 5.41) is 6.90. The topological polar surface area (TPSA) is 104 Å². The minimum atomic E-state index is -0.177. The van der Waals surface area contributed by atoms with Crippen LogP contribution in [0.15, 0.2) is 29.6 Å². The Bertz CT molecular complexity index is 1100. The van der Waals surface area contributed by atoms with Crippen molar-refractivity contribution in [2.75, 3.05) is 5.32 Å². The minimum Gasteiger partial charge on any atom is -0.489 e. The van der Waals surface area contributed by atoms with Crippen molar-refractivity contribution in [3.05, 3.63) is 41.3 Å². The molecular formula is C21H24N6O2. The molecule has 0 spiro atoms. The largest absolute Gasteiger partial charge is 0.489 e. The summed E-state index contributed by atoms with van der Waals surface area (Å²) in [6.07, 6.45) is 4.99. The Balaban J connectivity index is 1.77. The van der Waals surface area contributed by atoms with Gasteiger partial charge in [-0.2, -0.15) is 0 Å². The molecule has 0 bridgehead atoms. The first-order valence-electron chi connectivity index (χ1n) is 9.65. The molecule has 1 aliphatic heterocycles. The van der Waals surface area contributed by atoms with Gasteiger partial charge in [0.1, 0.15) is 23.5 Å². The number of aromatic amines is 1. The van der Waals surface area contributed by atoms with Crippen LogP contribution >= 0.6 is 0 Å².